The smallest absolute Gasteiger partial charge is 0.319 e. The van der Waals surface area contributed by atoms with Crippen molar-refractivity contribution < 1.29 is 9.90 Å². The summed E-state index contributed by atoms with van der Waals surface area (Å²) in [6, 6.07) is 2.59. The van der Waals surface area contributed by atoms with Crippen molar-refractivity contribution in [2.75, 3.05) is 11.9 Å². The molecule has 0 radical (unpaired) electrons. The Bertz CT molecular complexity index is 470. The van der Waals surface area contributed by atoms with Crippen LogP contribution in [0.3, 0.4) is 0 Å². The zero-order valence-electron chi connectivity index (χ0n) is 10.8. The highest BCUT2D eigenvalue weighted by Crippen LogP contribution is 2.02. The molecule has 1 rings (SSSR count). The van der Waals surface area contributed by atoms with Crippen molar-refractivity contribution in [1.29, 1.82) is 0 Å². The average Bonchev–Trinajstić information content (AvgIpc) is 2.33. The van der Waals surface area contributed by atoms with Crippen LogP contribution < -0.4 is 16.2 Å². The van der Waals surface area contributed by atoms with E-state index in [-0.39, 0.29) is 29.8 Å². The first-order chi connectivity index (χ1) is 8.45. The summed E-state index contributed by atoms with van der Waals surface area (Å²) in [5.41, 5.74) is -0.0446. The number of hydrogen-bond acceptors (Lipinski definition) is 3. The van der Waals surface area contributed by atoms with Gasteiger partial charge in [-0.25, -0.2) is 4.79 Å². The molecule has 0 spiro atoms. The quantitative estimate of drug-likeness (QED) is 0.731. The van der Waals surface area contributed by atoms with Crippen molar-refractivity contribution >= 4 is 11.7 Å². The van der Waals surface area contributed by atoms with Crippen LogP contribution in [-0.2, 0) is 7.05 Å². The van der Waals surface area contributed by atoms with Gasteiger partial charge in [0.05, 0.1) is 0 Å². The van der Waals surface area contributed by atoms with Crippen LogP contribution in [0.15, 0.2) is 23.1 Å². The Labute approximate surface area is 106 Å². The third kappa shape index (κ3) is 3.59. The van der Waals surface area contributed by atoms with Crippen LogP contribution in [-0.4, -0.2) is 28.4 Å². The summed E-state index contributed by atoms with van der Waals surface area (Å²) in [5.74, 6) is -0.0469. The lowest BCUT2D eigenvalue weighted by atomic mass is 10.1. The van der Waals surface area contributed by atoms with E-state index in [0.29, 0.717) is 0 Å². The first kappa shape index (κ1) is 14.2. The Morgan fingerprint density at radius 2 is 2.17 bits per heavy atom. The van der Waals surface area contributed by atoms with Gasteiger partial charge in [-0.15, -0.1) is 0 Å². The number of aryl methyl sites for hydroxylation is 1. The van der Waals surface area contributed by atoms with Crippen LogP contribution in [0.1, 0.15) is 13.8 Å². The van der Waals surface area contributed by atoms with Crippen LogP contribution in [0.5, 0.6) is 0 Å². The van der Waals surface area contributed by atoms with Crippen molar-refractivity contribution in [1.82, 2.24) is 9.88 Å². The van der Waals surface area contributed by atoms with Crippen LogP contribution in [0.4, 0.5) is 10.5 Å². The summed E-state index contributed by atoms with van der Waals surface area (Å²) in [6.45, 7) is 3.62. The molecule has 2 atom stereocenters. The number of urea groups is 1. The van der Waals surface area contributed by atoms with E-state index >= 15 is 0 Å². The Morgan fingerprint density at radius 3 is 2.78 bits per heavy atom. The zero-order chi connectivity index (χ0) is 13.7. The van der Waals surface area contributed by atoms with E-state index < -0.39 is 6.03 Å². The number of aliphatic hydroxyl groups excluding tert-OH is 1. The van der Waals surface area contributed by atoms with Gasteiger partial charge in [-0.1, -0.05) is 6.92 Å². The SMILES string of the molecule is CC(CO)C(C)NC(=O)Nc1cccn(C)c1=O. The van der Waals surface area contributed by atoms with E-state index in [2.05, 4.69) is 10.6 Å². The molecule has 1 heterocycles. The molecule has 0 bridgehead atoms. The number of anilines is 1. The lowest BCUT2D eigenvalue weighted by Gasteiger charge is -2.19. The summed E-state index contributed by atoms with van der Waals surface area (Å²) in [7, 11) is 1.61. The maximum absolute atomic E-state index is 11.7. The van der Waals surface area contributed by atoms with E-state index in [4.69, 9.17) is 5.11 Å². The standard InChI is InChI=1S/C12H19N3O3/c1-8(7-16)9(2)13-12(18)14-10-5-4-6-15(3)11(10)17/h4-6,8-9,16H,7H2,1-3H3,(H2,13,14,18). The van der Waals surface area contributed by atoms with Gasteiger partial charge in [-0.3, -0.25) is 4.79 Å². The summed E-state index contributed by atoms with van der Waals surface area (Å²) in [5, 5.41) is 14.1. The molecule has 0 aromatic carbocycles. The van der Waals surface area contributed by atoms with Gasteiger partial charge in [-0.05, 0) is 25.0 Å². The molecule has 2 amide bonds. The van der Waals surface area contributed by atoms with Crippen LogP contribution in [0.2, 0.25) is 0 Å². The summed E-state index contributed by atoms with van der Waals surface area (Å²) >= 11 is 0. The highest BCUT2D eigenvalue weighted by Gasteiger charge is 2.14. The van der Waals surface area contributed by atoms with Gasteiger partial charge < -0.3 is 20.3 Å². The predicted octanol–water partition coefficient (Wildman–Crippen LogP) is 0.524. The molecule has 6 nitrogen and oxygen atoms in total. The lowest BCUT2D eigenvalue weighted by Crippen LogP contribution is -2.41. The fourth-order valence-corrected chi connectivity index (χ4v) is 1.36. The predicted molar refractivity (Wildman–Crippen MR) is 69.5 cm³/mol. The topological polar surface area (TPSA) is 83.4 Å². The highest BCUT2D eigenvalue weighted by molar-refractivity contribution is 5.89. The number of hydrogen-bond donors (Lipinski definition) is 3. The normalized spacial score (nSPS) is 13.8. The Hall–Kier alpha value is -1.82. The Kier molecular flexibility index (Phi) is 4.91. The minimum Gasteiger partial charge on any atom is -0.396 e. The van der Waals surface area contributed by atoms with E-state index in [1.807, 2.05) is 6.92 Å². The van der Waals surface area contributed by atoms with Gasteiger partial charge in [0, 0.05) is 25.9 Å². The van der Waals surface area contributed by atoms with E-state index in [1.54, 1.807) is 32.3 Å². The number of carbonyl (C=O) groups excluding carboxylic acids is 1. The molecule has 0 aliphatic carbocycles. The molecule has 18 heavy (non-hydrogen) atoms. The number of amides is 2. The number of nitrogens with zero attached hydrogens (tertiary/aromatic N) is 1. The molecule has 100 valence electrons. The number of rotatable bonds is 4. The van der Waals surface area contributed by atoms with E-state index in [9.17, 15) is 9.59 Å². The number of carbonyl (C=O) groups is 1. The molecular formula is C12H19N3O3. The molecule has 0 aliphatic rings. The molecule has 0 aliphatic heterocycles. The van der Waals surface area contributed by atoms with Crippen molar-refractivity contribution in [2.24, 2.45) is 13.0 Å². The van der Waals surface area contributed by atoms with Crippen molar-refractivity contribution in [3.8, 4) is 0 Å². The number of aliphatic hydroxyl groups is 1. The monoisotopic (exact) mass is 253 g/mol. The number of pyridine rings is 1. The van der Waals surface area contributed by atoms with Gasteiger partial charge >= 0.3 is 6.03 Å². The summed E-state index contributed by atoms with van der Waals surface area (Å²) in [4.78, 5) is 23.3. The molecular weight excluding hydrogens is 234 g/mol. The molecule has 0 saturated heterocycles. The minimum absolute atomic E-state index is 0.00541. The van der Waals surface area contributed by atoms with Gasteiger partial charge in [0.25, 0.3) is 5.56 Å². The summed E-state index contributed by atoms with van der Waals surface area (Å²) < 4.78 is 1.38. The molecule has 2 unspecified atom stereocenters. The van der Waals surface area contributed by atoms with E-state index in [1.165, 1.54) is 4.57 Å². The molecule has 0 saturated carbocycles. The van der Waals surface area contributed by atoms with Gasteiger partial charge in [-0.2, -0.15) is 0 Å². The fourth-order valence-electron chi connectivity index (χ4n) is 1.36. The maximum atomic E-state index is 11.7. The Morgan fingerprint density at radius 1 is 1.50 bits per heavy atom. The molecule has 3 N–H and O–H groups in total. The van der Waals surface area contributed by atoms with Crippen LogP contribution in [0.25, 0.3) is 0 Å². The number of nitrogens with one attached hydrogen (secondary N) is 2. The third-order valence-electron chi connectivity index (χ3n) is 2.87. The van der Waals surface area contributed by atoms with Crippen LogP contribution in [0, 0.1) is 5.92 Å². The largest absolute Gasteiger partial charge is 0.396 e. The van der Waals surface area contributed by atoms with E-state index in [0.717, 1.165) is 0 Å². The third-order valence-corrected chi connectivity index (χ3v) is 2.87. The molecule has 1 aromatic heterocycles. The van der Waals surface area contributed by atoms with Crippen molar-refractivity contribution in [3.05, 3.63) is 28.7 Å². The zero-order valence-corrected chi connectivity index (χ0v) is 10.8. The van der Waals surface area contributed by atoms with Crippen molar-refractivity contribution in [3.63, 3.8) is 0 Å². The molecule has 1 aromatic rings. The molecule has 0 fully saturated rings. The first-order valence-electron chi connectivity index (χ1n) is 5.79. The van der Waals surface area contributed by atoms with Gasteiger partial charge in [0.2, 0.25) is 0 Å². The minimum atomic E-state index is -0.453. The summed E-state index contributed by atoms with van der Waals surface area (Å²) in [6.07, 6.45) is 1.61. The van der Waals surface area contributed by atoms with Crippen LogP contribution >= 0.6 is 0 Å². The maximum Gasteiger partial charge on any atom is 0.319 e. The first-order valence-corrected chi connectivity index (χ1v) is 5.79. The second-order valence-corrected chi connectivity index (χ2v) is 4.38. The van der Waals surface area contributed by atoms with Gasteiger partial charge in [0.15, 0.2) is 0 Å². The van der Waals surface area contributed by atoms with Crippen molar-refractivity contribution in [2.45, 2.75) is 19.9 Å². The second-order valence-electron chi connectivity index (χ2n) is 4.38. The Balaban J connectivity index is 2.65. The lowest BCUT2D eigenvalue weighted by molar-refractivity contribution is 0.204. The second kappa shape index (κ2) is 6.20. The highest BCUT2D eigenvalue weighted by atomic mass is 16.3. The average molecular weight is 253 g/mol. The molecule has 6 heteroatoms. The number of aromatic nitrogens is 1. The fraction of sp³-hybridized carbons (Fsp3) is 0.500. The van der Waals surface area contributed by atoms with Gasteiger partial charge in [0.1, 0.15) is 5.69 Å².